The highest BCUT2D eigenvalue weighted by molar-refractivity contribution is 6.31. The maximum absolute atomic E-state index is 13.8. The molecule has 172 valence electrons. The molecule has 1 atom stereocenters. The van der Waals surface area contributed by atoms with Crippen LogP contribution in [0.15, 0.2) is 54.6 Å². The first kappa shape index (κ1) is 23.0. The minimum atomic E-state index is -1.20. The molecule has 1 aliphatic rings. The fourth-order valence-electron chi connectivity index (χ4n) is 4.07. The zero-order valence-electron chi connectivity index (χ0n) is 19.0. The van der Waals surface area contributed by atoms with Crippen LogP contribution < -0.4 is 10.2 Å². The number of hydrogen-bond acceptors (Lipinski definition) is 4. The van der Waals surface area contributed by atoms with Gasteiger partial charge < -0.3 is 10.1 Å². The monoisotopic (exact) mass is 466 g/mol. The smallest absolute Gasteiger partial charge is 0.277 e. The first-order valence-electron chi connectivity index (χ1n) is 10.9. The average molecular weight is 467 g/mol. The Morgan fingerprint density at radius 2 is 1.97 bits per heavy atom. The molecule has 0 radical (unpaired) electrons. The van der Waals surface area contributed by atoms with Gasteiger partial charge in [-0.25, -0.2) is 0 Å². The van der Waals surface area contributed by atoms with Crippen LogP contribution in [0.5, 0.6) is 0 Å². The highest BCUT2D eigenvalue weighted by Gasteiger charge is 2.48. The molecule has 8 heteroatoms. The van der Waals surface area contributed by atoms with Crippen molar-refractivity contribution in [3.05, 3.63) is 70.9 Å². The van der Waals surface area contributed by atoms with Crippen LogP contribution in [-0.2, 0) is 16.1 Å². The molecule has 2 heterocycles. The minimum Gasteiger partial charge on any atom is -0.385 e. The third kappa shape index (κ3) is 4.38. The van der Waals surface area contributed by atoms with Gasteiger partial charge in [0, 0.05) is 36.5 Å². The van der Waals surface area contributed by atoms with Crippen molar-refractivity contribution in [3.8, 4) is 11.3 Å². The molecule has 0 bridgehead atoms. The second-order valence-corrected chi connectivity index (χ2v) is 8.80. The molecule has 2 aromatic carbocycles. The van der Waals surface area contributed by atoms with Crippen molar-refractivity contribution in [1.29, 1.82) is 0 Å². The number of anilines is 1. The second-order valence-electron chi connectivity index (χ2n) is 8.39. The van der Waals surface area contributed by atoms with Gasteiger partial charge in [-0.15, -0.1) is 0 Å². The summed E-state index contributed by atoms with van der Waals surface area (Å²) < 4.78 is 6.70. The topological polar surface area (TPSA) is 76.5 Å². The lowest BCUT2D eigenvalue weighted by Crippen LogP contribution is -2.64. The molecule has 1 unspecified atom stereocenters. The minimum absolute atomic E-state index is 0.211. The number of ether oxygens (including phenoxy) is 1. The number of aromatic nitrogens is 2. The van der Waals surface area contributed by atoms with Crippen LogP contribution in [0.3, 0.4) is 0 Å². The molecule has 3 aromatic rings. The number of hydrogen-bond donors (Lipinski definition) is 1. The van der Waals surface area contributed by atoms with Gasteiger partial charge in [-0.3, -0.25) is 19.2 Å². The number of methoxy groups -OCH3 is 1. The molecular weight excluding hydrogens is 440 g/mol. The molecule has 0 spiro atoms. The van der Waals surface area contributed by atoms with Crippen LogP contribution in [0, 0.1) is 6.92 Å². The summed E-state index contributed by atoms with van der Waals surface area (Å²) in [5.74, 6) is -0.559. The number of amides is 2. The number of fused-ring (bicyclic) bond motifs is 1. The van der Waals surface area contributed by atoms with E-state index in [1.807, 2.05) is 49.4 Å². The largest absolute Gasteiger partial charge is 0.385 e. The molecule has 1 aliphatic heterocycles. The van der Waals surface area contributed by atoms with Crippen LogP contribution in [-0.4, -0.2) is 47.4 Å². The van der Waals surface area contributed by atoms with Gasteiger partial charge in [0.25, 0.3) is 5.91 Å². The Kier molecular flexibility index (Phi) is 6.54. The van der Waals surface area contributed by atoms with Crippen molar-refractivity contribution in [2.24, 2.45) is 0 Å². The first-order chi connectivity index (χ1) is 15.8. The van der Waals surface area contributed by atoms with Gasteiger partial charge in [0.1, 0.15) is 11.2 Å². The molecule has 2 amide bonds. The van der Waals surface area contributed by atoms with E-state index in [-0.39, 0.29) is 18.4 Å². The Balaban J connectivity index is 1.76. The number of halogens is 1. The first-order valence-corrected chi connectivity index (χ1v) is 11.2. The summed E-state index contributed by atoms with van der Waals surface area (Å²) in [5.41, 5.74) is 2.28. The number of benzene rings is 2. The Morgan fingerprint density at radius 3 is 2.67 bits per heavy atom. The van der Waals surface area contributed by atoms with Gasteiger partial charge in [0.15, 0.2) is 0 Å². The van der Waals surface area contributed by atoms with E-state index in [1.54, 1.807) is 30.8 Å². The van der Waals surface area contributed by atoms with Gasteiger partial charge in [-0.2, -0.15) is 5.10 Å². The van der Waals surface area contributed by atoms with E-state index in [0.717, 1.165) is 11.1 Å². The molecule has 33 heavy (non-hydrogen) atoms. The zero-order valence-corrected chi connectivity index (χ0v) is 19.7. The van der Waals surface area contributed by atoms with Gasteiger partial charge >= 0.3 is 0 Å². The Hall–Kier alpha value is -3.16. The van der Waals surface area contributed by atoms with Gasteiger partial charge in [-0.05, 0) is 44.0 Å². The van der Waals surface area contributed by atoms with Crippen molar-refractivity contribution in [3.63, 3.8) is 0 Å². The molecule has 4 rings (SSSR count). The molecule has 1 aromatic heterocycles. The van der Waals surface area contributed by atoms with E-state index >= 15 is 0 Å². The third-order valence-corrected chi connectivity index (χ3v) is 6.34. The molecule has 0 saturated carbocycles. The highest BCUT2D eigenvalue weighted by atomic mass is 35.5. The van der Waals surface area contributed by atoms with E-state index in [0.29, 0.717) is 41.7 Å². The van der Waals surface area contributed by atoms with Crippen molar-refractivity contribution in [1.82, 2.24) is 15.1 Å². The summed E-state index contributed by atoms with van der Waals surface area (Å²) >= 11 is 6.39. The highest BCUT2D eigenvalue weighted by Crippen LogP contribution is 2.35. The Labute approximate surface area is 198 Å². The van der Waals surface area contributed by atoms with Gasteiger partial charge in [0.2, 0.25) is 5.91 Å². The molecule has 0 saturated heterocycles. The summed E-state index contributed by atoms with van der Waals surface area (Å²) in [6.45, 7) is 4.85. The normalized spacial score (nSPS) is 17.7. The number of nitrogens with zero attached hydrogens (tertiary/aromatic N) is 3. The third-order valence-electron chi connectivity index (χ3n) is 5.94. The van der Waals surface area contributed by atoms with Gasteiger partial charge in [-0.1, -0.05) is 48.0 Å². The number of aryl methyl sites for hydroxylation is 1. The van der Waals surface area contributed by atoms with E-state index in [9.17, 15) is 9.59 Å². The Morgan fingerprint density at radius 1 is 1.21 bits per heavy atom. The lowest BCUT2D eigenvalue weighted by molar-refractivity contribution is -0.126. The van der Waals surface area contributed by atoms with Crippen molar-refractivity contribution in [2.45, 2.75) is 32.4 Å². The van der Waals surface area contributed by atoms with Crippen molar-refractivity contribution < 1.29 is 14.3 Å². The van der Waals surface area contributed by atoms with Crippen molar-refractivity contribution in [2.75, 3.05) is 25.2 Å². The summed E-state index contributed by atoms with van der Waals surface area (Å²) in [6, 6.07) is 16.8. The average Bonchev–Trinajstić information content (AvgIpc) is 3.23. The summed E-state index contributed by atoms with van der Waals surface area (Å²) in [6.07, 6.45) is 0.674. The van der Waals surface area contributed by atoms with Crippen LogP contribution in [0.25, 0.3) is 11.3 Å². The zero-order chi connectivity index (χ0) is 23.6. The maximum atomic E-state index is 13.8. The Bertz CT molecular complexity index is 1180. The number of rotatable bonds is 7. The lowest BCUT2D eigenvalue weighted by Gasteiger charge is -2.43. The summed E-state index contributed by atoms with van der Waals surface area (Å²) in [7, 11) is 1.62. The maximum Gasteiger partial charge on any atom is 0.277 e. The van der Waals surface area contributed by atoms with E-state index in [4.69, 9.17) is 16.3 Å². The van der Waals surface area contributed by atoms with E-state index < -0.39 is 5.54 Å². The van der Waals surface area contributed by atoms with Gasteiger partial charge in [0.05, 0.1) is 12.2 Å². The predicted molar refractivity (Wildman–Crippen MR) is 129 cm³/mol. The standard InChI is InChI=1S/C25H27ClN4O3/c1-17-10-11-19(14-20(17)26)30-23(31)22-15-21(18-8-5-4-6-9-18)28-29(22)16-25(30,2)24(32)27-12-7-13-33-3/h4-6,8-11,14-15H,7,12-13,16H2,1-3H3,(H,27,32). The van der Waals surface area contributed by atoms with Crippen LogP contribution in [0.2, 0.25) is 5.02 Å². The van der Waals surface area contributed by atoms with E-state index in [2.05, 4.69) is 10.4 Å². The van der Waals surface area contributed by atoms with Crippen molar-refractivity contribution >= 4 is 29.1 Å². The van der Waals surface area contributed by atoms with Crippen LogP contribution in [0.1, 0.15) is 29.4 Å². The number of nitrogens with one attached hydrogen (secondary N) is 1. The fraction of sp³-hybridized carbons (Fsp3) is 0.320. The second kappa shape index (κ2) is 9.37. The molecule has 7 nitrogen and oxygen atoms in total. The number of carbonyl (C=O) groups is 2. The van der Waals surface area contributed by atoms with Crippen LogP contribution in [0.4, 0.5) is 5.69 Å². The SMILES string of the molecule is COCCCNC(=O)C1(C)Cn2nc(-c3ccccc3)cc2C(=O)N1c1ccc(C)c(Cl)c1. The fourth-order valence-corrected chi connectivity index (χ4v) is 4.24. The molecule has 0 aliphatic carbocycles. The van der Waals surface area contributed by atoms with E-state index in [1.165, 1.54) is 4.90 Å². The molecular formula is C25H27ClN4O3. The lowest BCUT2D eigenvalue weighted by atomic mass is 9.93. The summed E-state index contributed by atoms with van der Waals surface area (Å²) in [5, 5.41) is 8.15. The quantitative estimate of drug-likeness (QED) is 0.532. The molecule has 1 N–H and O–H groups in total. The van der Waals surface area contributed by atoms with Crippen LogP contribution >= 0.6 is 11.6 Å². The number of carbonyl (C=O) groups excluding carboxylic acids is 2. The predicted octanol–water partition coefficient (Wildman–Crippen LogP) is 4.08. The summed E-state index contributed by atoms with van der Waals surface area (Å²) in [4.78, 5) is 28.7. The molecule has 0 fully saturated rings.